The molecule has 0 bridgehead atoms. The fraction of sp³-hybridized carbons (Fsp3) is 0.600. The van der Waals surface area contributed by atoms with Crippen LogP contribution in [0.2, 0.25) is 0 Å². The molecule has 1 heterocycles. The van der Waals surface area contributed by atoms with Gasteiger partial charge >= 0.3 is 12.0 Å². The normalized spacial score (nSPS) is 15.6. The average molecular weight is 310 g/mol. The fourth-order valence-corrected chi connectivity index (χ4v) is 3.43. The van der Waals surface area contributed by atoms with Gasteiger partial charge in [0.05, 0.1) is 5.56 Å². The van der Waals surface area contributed by atoms with Gasteiger partial charge in [-0.3, -0.25) is 5.32 Å². The van der Waals surface area contributed by atoms with Gasteiger partial charge in [0.25, 0.3) is 0 Å². The number of aryl methyl sites for hydroxylation is 1. The van der Waals surface area contributed by atoms with Gasteiger partial charge in [0, 0.05) is 10.9 Å². The van der Waals surface area contributed by atoms with Crippen LogP contribution in [0, 0.1) is 19.8 Å². The van der Waals surface area contributed by atoms with Crippen LogP contribution in [-0.4, -0.2) is 23.1 Å². The molecule has 0 radical (unpaired) electrons. The van der Waals surface area contributed by atoms with Crippen LogP contribution in [0.25, 0.3) is 0 Å². The smallest absolute Gasteiger partial charge is 0.338 e. The van der Waals surface area contributed by atoms with E-state index < -0.39 is 5.97 Å². The molecule has 2 amide bonds. The molecule has 0 aliphatic heterocycles. The molecular weight excluding hydrogens is 288 g/mol. The number of hydrogen-bond acceptors (Lipinski definition) is 3. The highest BCUT2D eigenvalue weighted by molar-refractivity contribution is 7.16. The lowest BCUT2D eigenvalue weighted by Crippen LogP contribution is -2.38. The monoisotopic (exact) mass is 310 g/mol. The highest BCUT2D eigenvalue weighted by Gasteiger charge is 2.26. The Labute approximate surface area is 128 Å². The molecule has 1 unspecified atom stereocenters. The van der Waals surface area contributed by atoms with Gasteiger partial charge in [-0.2, -0.15) is 0 Å². The minimum atomic E-state index is -1.00. The highest BCUT2D eigenvalue weighted by Crippen LogP contribution is 2.34. The highest BCUT2D eigenvalue weighted by atomic mass is 32.1. The van der Waals surface area contributed by atoms with E-state index >= 15 is 0 Å². The lowest BCUT2D eigenvalue weighted by Gasteiger charge is -2.17. The second-order valence-electron chi connectivity index (χ2n) is 5.68. The Balaban J connectivity index is 2.01. The second-order valence-corrected chi connectivity index (χ2v) is 6.90. The standard InChI is InChI=1S/C15H22N2O3S/c1-4-11(7-10-5-6-10)16-15(20)17-13-12(14(18)19)8(2)9(3)21-13/h10-11H,4-7H2,1-3H3,(H,18,19)(H2,16,17,20). The fourth-order valence-electron chi connectivity index (χ4n) is 2.38. The summed E-state index contributed by atoms with van der Waals surface area (Å²) in [5.74, 6) is -0.256. The molecule has 1 atom stereocenters. The number of carboxylic acid groups (broad SMARTS) is 1. The van der Waals surface area contributed by atoms with Gasteiger partial charge in [-0.1, -0.05) is 19.8 Å². The molecule has 1 aliphatic rings. The molecular formula is C15H22N2O3S. The molecule has 0 spiro atoms. The second kappa shape index (κ2) is 6.47. The number of rotatable bonds is 6. The zero-order chi connectivity index (χ0) is 15.6. The van der Waals surface area contributed by atoms with E-state index in [4.69, 9.17) is 0 Å². The molecule has 1 fully saturated rings. The van der Waals surface area contributed by atoms with E-state index in [1.54, 1.807) is 6.92 Å². The third-order valence-electron chi connectivity index (χ3n) is 3.97. The van der Waals surface area contributed by atoms with E-state index in [9.17, 15) is 14.7 Å². The van der Waals surface area contributed by atoms with E-state index in [0.29, 0.717) is 10.6 Å². The lowest BCUT2D eigenvalue weighted by molar-refractivity contribution is 0.0697. The number of carbonyl (C=O) groups excluding carboxylic acids is 1. The van der Waals surface area contributed by atoms with Crippen LogP contribution < -0.4 is 10.6 Å². The number of aromatic carboxylic acids is 1. The van der Waals surface area contributed by atoms with Crippen molar-refractivity contribution in [2.75, 3.05) is 5.32 Å². The Hall–Kier alpha value is -1.56. The summed E-state index contributed by atoms with van der Waals surface area (Å²) < 4.78 is 0. The quantitative estimate of drug-likeness (QED) is 0.748. The molecule has 1 aromatic rings. The molecule has 1 saturated carbocycles. The maximum Gasteiger partial charge on any atom is 0.338 e. The molecule has 0 aromatic carbocycles. The van der Waals surface area contributed by atoms with E-state index in [-0.39, 0.29) is 17.6 Å². The first-order valence-corrected chi connectivity index (χ1v) is 8.14. The lowest BCUT2D eigenvalue weighted by atomic mass is 10.1. The first kappa shape index (κ1) is 15.8. The van der Waals surface area contributed by atoms with Crippen molar-refractivity contribution in [3.8, 4) is 0 Å². The minimum Gasteiger partial charge on any atom is -0.478 e. The number of nitrogens with one attached hydrogen (secondary N) is 2. The Morgan fingerprint density at radius 1 is 1.38 bits per heavy atom. The van der Waals surface area contributed by atoms with Crippen molar-refractivity contribution >= 4 is 28.3 Å². The van der Waals surface area contributed by atoms with Crippen molar-refractivity contribution in [2.45, 2.75) is 52.5 Å². The zero-order valence-electron chi connectivity index (χ0n) is 12.7. The number of carbonyl (C=O) groups is 2. The summed E-state index contributed by atoms with van der Waals surface area (Å²) >= 11 is 1.31. The van der Waals surface area contributed by atoms with Crippen LogP contribution >= 0.6 is 11.3 Å². The number of amides is 2. The van der Waals surface area contributed by atoms with Crippen molar-refractivity contribution in [1.82, 2.24) is 5.32 Å². The van der Waals surface area contributed by atoms with Gasteiger partial charge in [0.2, 0.25) is 0 Å². The van der Waals surface area contributed by atoms with Gasteiger partial charge in [-0.15, -0.1) is 11.3 Å². The molecule has 1 aliphatic carbocycles. The predicted molar refractivity (Wildman–Crippen MR) is 84.3 cm³/mol. The van der Waals surface area contributed by atoms with Crippen molar-refractivity contribution in [1.29, 1.82) is 0 Å². The summed E-state index contributed by atoms with van der Waals surface area (Å²) in [4.78, 5) is 24.3. The van der Waals surface area contributed by atoms with Gasteiger partial charge in [0.15, 0.2) is 0 Å². The average Bonchev–Trinajstić information content (AvgIpc) is 3.16. The summed E-state index contributed by atoms with van der Waals surface area (Å²) in [6.07, 6.45) is 4.41. The van der Waals surface area contributed by atoms with Gasteiger partial charge in [-0.25, -0.2) is 9.59 Å². The van der Waals surface area contributed by atoms with E-state index in [1.807, 2.05) is 6.92 Å². The van der Waals surface area contributed by atoms with Crippen molar-refractivity contribution in [3.63, 3.8) is 0 Å². The van der Waals surface area contributed by atoms with Crippen LogP contribution in [-0.2, 0) is 0 Å². The molecule has 2 rings (SSSR count). The molecule has 1 aromatic heterocycles. The minimum absolute atomic E-state index is 0.160. The first-order valence-electron chi connectivity index (χ1n) is 7.33. The van der Waals surface area contributed by atoms with E-state index in [1.165, 1.54) is 24.2 Å². The number of thiophene rings is 1. The van der Waals surface area contributed by atoms with Crippen molar-refractivity contribution < 1.29 is 14.7 Å². The number of carboxylic acids is 1. The molecule has 116 valence electrons. The zero-order valence-corrected chi connectivity index (χ0v) is 13.5. The van der Waals surface area contributed by atoms with E-state index in [0.717, 1.165) is 23.6 Å². The Morgan fingerprint density at radius 3 is 2.57 bits per heavy atom. The Kier molecular flexibility index (Phi) is 4.88. The van der Waals surface area contributed by atoms with Crippen molar-refractivity contribution in [3.05, 3.63) is 16.0 Å². The number of urea groups is 1. The molecule has 5 nitrogen and oxygen atoms in total. The SMILES string of the molecule is CCC(CC1CC1)NC(=O)Nc1sc(C)c(C)c1C(=O)O. The largest absolute Gasteiger partial charge is 0.478 e. The van der Waals surface area contributed by atoms with Gasteiger partial charge in [-0.05, 0) is 38.2 Å². The maximum absolute atomic E-state index is 12.1. The van der Waals surface area contributed by atoms with Crippen LogP contribution in [0.15, 0.2) is 0 Å². The third-order valence-corrected chi connectivity index (χ3v) is 5.09. The first-order chi connectivity index (χ1) is 9.92. The molecule has 3 N–H and O–H groups in total. The summed E-state index contributed by atoms with van der Waals surface area (Å²) in [5, 5.41) is 15.3. The molecule has 21 heavy (non-hydrogen) atoms. The Morgan fingerprint density at radius 2 is 2.05 bits per heavy atom. The molecule has 6 heteroatoms. The van der Waals surface area contributed by atoms with Gasteiger partial charge in [0.1, 0.15) is 5.00 Å². The van der Waals surface area contributed by atoms with Crippen LogP contribution in [0.5, 0.6) is 0 Å². The van der Waals surface area contributed by atoms with Crippen LogP contribution in [0.3, 0.4) is 0 Å². The summed E-state index contributed by atoms with van der Waals surface area (Å²) in [6, 6.07) is -0.154. The number of hydrogen-bond donors (Lipinski definition) is 3. The van der Waals surface area contributed by atoms with Gasteiger partial charge < -0.3 is 10.4 Å². The summed E-state index contributed by atoms with van der Waals surface area (Å²) in [7, 11) is 0. The number of anilines is 1. The Bertz CT molecular complexity index is 549. The van der Waals surface area contributed by atoms with E-state index in [2.05, 4.69) is 17.6 Å². The maximum atomic E-state index is 12.1. The summed E-state index contributed by atoms with van der Waals surface area (Å²) in [6.45, 7) is 5.67. The third kappa shape index (κ3) is 3.97. The molecule has 0 saturated heterocycles. The predicted octanol–water partition coefficient (Wildman–Crippen LogP) is 3.76. The van der Waals surface area contributed by atoms with Crippen LogP contribution in [0.1, 0.15) is 53.4 Å². The van der Waals surface area contributed by atoms with Crippen LogP contribution in [0.4, 0.5) is 9.80 Å². The van der Waals surface area contributed by atoms with Crippen molar-refractivity contribution in [2.24, 2.45) is 5.92 Å². The topological polar surface area (TPSA) is 78.4 Å². The summed E-state index contributed by atoms with van der Waals surface area (Å²) in [5.41, 5.74) is 0.913.